The molecule has 0 heterocycles. The monoisotopic (exact) mass is 821 g/mol. The van der Waals surface area contributed by atoms with Crippen molar-refractivity contribution >= 4 is 17.9 Å². The van der Waals surface area contributed by atoms with Gasteiger partial charge in [0.15, 0.2) is 6.10 Å². The number of esters is 3. The van der Waals surface area contributed by atoms with Crippen LogP contribution in [0, 0.1) is 0 Å². The molecule has 0 radical (unpaired) electrons. The second-order valence-corrected chi connectivity index (χ2v) is 15.6. The maximum atomic E-state index is 12.7. The van der Waals surface area contributed by atoms with Crippen molar-refractivity contribution in [3.05, 3.63) is 85.1 Å². The molecule has 0 aliphatic heterocycles. The largest absolute Gasteiger partial charge is 0.462 e. The van der Waals surface area contributed by atoms with Crippen molar-refractivity contribution in [3.8, 4) is 0 Å². The Balaban J connectivity index is 4.48. The van der Waals surface area contributed by atoms with Crippen molar-refractivity contribution < 1.29 is 28.6 Å². The van der Waals surface area contributed by atoms with E-state index in [2.05, 4.69) is 106 Å². The van der Waals surface area contributed by atoms with Crippen LogP contribution < -0.4 is 0 Å². The first-order valence-electron chi connectivity index (χ1n) is 24.1. The molecule has 0 aromatic carbocycles. The molecule has 0 aromatic rings. The molecule has 336 valence electrons. The van der Waals surface area contributed by atoms with Crippen molar-refractivity contribution in [1.29, 1.82) is 0 Å². The first kappa shape index (κ1) is 55.6. The molecule has 6 nitrogen and oxygen atoms in total. The minimum Gasteiger partial charge on any atom is -0.462 e. The molecule has 0 rings (SSSR count). The van der Waals surface area contributed by atoms with Crippen LogP contribution in [0.15, 0.2) is 85.1 Å². The van der Waals surface area contributed by atoms with Gasteiger partial charge in [-0.3, -0.25) is 14.4 Å². The lowest BCUT2D eigenvalue weighted by molar-refractivity contribution is -0.167. The number of ether oxygens (including phenoxy) is 3. The number of hydrogen-bond donors (Lipinski definition) is 0. The summed E-state index contributed by atoms with van der Waals surface area (Å²) in [6.45, 7) is 6.38. The Morgan fingerprint density at radius 1 is 0.356 bits per heavy atom. The number of hydrogen-bond acceptors (Lipinski definition) is 6. The fourth-order valence-electron chi connectivity index (χ4n) is 6.21. The Bertz CT molecular complexity index is 1170. The third-order valence-corrected chi connectivity index (χ3v) is 9.85. The minimum atomic E-state index is -0.802. The Morgan fingerprint density at radius 3 is 1.14 bits per heavy atom. The summed E-state index contributed by atoms with van der Waals surface area (Å²) >= 11 is 0. The molecule has 1 atom stereocenters. The Hall–Kier alpha value is -3.41. The highest BCUT2D eigenvalue weighted by Gasteiger charge is 2.19. The van der Waals surface area contributed by atoms with Crippen LogP contribution in [0.25, 0.3) is 0 Å². The van der Waals surface area contributed by atoms with Gasteiger partial charge in [0.05, 0.1) is 0 Å². The third-order valence-electron chi connectivity index (χ3n) is 9.85. The molecular formula is C53H88O6. The molecule has 0 aliphatic rings. The molecule has 6 heteroatoms. The van der Waals surface area contributed by atoms with E-state index in [-0.39, 0.29) is 31.1 Å². The van der Waals surface area contributed by atoms with E-state index in [9.17, 15) is 14.4 Å². The van der Waals surface area contributed by atoms with Gasteiger partial charge in [-0.25, -0.2) is 0 Å². The van der Waals surface area contributed by atoms with E-state index >= 15 is 0 Å². The molecule has 0 aromatic heterocycles. The SMILES string of the molecule is CC/C=C\C/C=C\C/C=C\C/C=C\CCCCC(=O)OC[C@H](COC(=O)CCCCCCC/C=C\C/C=C\CCCCC)OC(=O)CCCCCCC/C=C\CCCC. The summed E-state index contributed by atoms with van der Waals surface area (Å²) in [6.07, 6.45) is 59.9. The molecule has 0 saturated carbocycles. The van der Waals surface area contributed by atoms with Crippen LogP contribution in [0.4, 0.5) is 0 Å². The second-order valence-electron chi connectivity index (χ2n) is 15.6. The van der Waals surface area contributed by atoms with Gasteiger partial charge in [0.2, 0.25) is 0 Å². The van der Waals surface area contributed by atoms with Crippen LogP contribution in [0.1, 0.15) is 213 Å². The van der Waals surface area contributed by atoms with E-state index in [1.807, 2.05) is 0 Å². The fraction of sp³-hybridized carbons (Fsp3) is 0.679. The standard InChI is InChI=1S/C53H88O6/c1-4-7-10-13-16-19-22-24-26-28-31-33-36-39-42-45-51(54)57-48-50(59-53(56)47-44-41-38-35-30-21-18-15-12-9-6-3)49-58-52(55)46-43-40-37-34-32-29-27-25-23-20-17-14-11-8-5-2/h7,10,15-20,24-27,31,33,50H,4-6,8-9,11-14,21-23,28-30,32,34-49H2,1-3H3/b10-7-,18-15-,19-16-,20-17-,26-24-,27-25-,33-31-/t50-/m1/s1. The highest BCUT2D eigenvalue weighted by atomic mass is 16.6. The summed E-state index contributed by atoms with van der Waals surface area (Å²) in [7, 11) is 0. The Morgan fingerprint density at radius 2 is 0.678 bits per heavy atom. The highest BCUT2D eigenvalue weighted by molar-refractivity contribution is 5.71. The summed E-state index contributed by atoms with van der Waals surface area (Å²) < 4.78 is 16.7. The molecule has 59 heavy (non-hydrogen) atoms. The van der Waals surface area contributed by atoms with Gasteiger partial charge in [-0.1, -0.05) is 170 Å². The van der Waals surface area contributed by atoms with Crippen molar-refractivity contribution in [2.75, 3.05) is 13.2 Å². The van der Waals surface area contributed by atoms with E-state index in [0.29, 0.717) is 19.3 Å². The molecule has 0 bridgehead atoms. The lowest BCUT2D eigenvalue weighted by atomic mass is 10.1. The predicted octanol–water partition coefficient (Wildman–Crippen LogP) is 15.6. The van der Waals surface area contributed by atoms with E-state index in [0.717, 1.165) is 122 Å². The molecule has 0 amide bonds. The normalized spacial score (nSPS) is 12.8. The average molecular weight is 821 g/mol. The van der Waals surface area contributed by atoms with Gasteiger partial charge < -0.3 is 14.2 Å². The minimum absolute atomic E-state index is 0.101. The van der Waals surface area contributed by atoms with Gasteiger partial charge in [0.25, 0.3) is 0 Å². The molecule has 0 aliphatic carbocycles. The molecular weight excluding hydrogens is 733 g/mol. The van der Waals surface area contributed by atoms with Crippen LogP contribution in [-0.4, -0.2) is 37.2 Å². The molecule has 0 saturated heterocycles. The average Bonchev–Trinajstić information content (AvgIpc) is 3.23. The van der Waals surface area contributed by atoms with E-state index in [1.165, 1.54) is 51.4 Å². The zero-order valence-corrected chi connectivity index (χ0v) is 38.2. The fourth-order valence-corrected chi connectivity index (χ4v) is 6.21. The first-order chi connectivity index (χ1) is 29.0. The number of rotatable bonds is 42. The molecule has 0 fully saturated rings. The lowest BCUT2D eigenvalue weighted by Gasteiger charge is -2.18. The summed E-state index contributed by atoms with van der Waals surface area (Å²) in [6, 6.07) is 0. The molecule has 0 unspecified atom stereocenters. The van der Waals surface area contributed by atoms with Crippen LogP contribution >= 0.6 is 0 Å². The van der Waals surface area contributed by atoms with Crippen LogP contribution in [0.3, 0.4) is 0 Å². The Kier molecular flexibility index (Phi) is 44.5. The van der Waals surface area contributed by atoms with Gasteiger partial charge in [0.1, 0.15) is 13.2 Å². The smallest absolute Gasteiger partial charge is 0.306 e. The van der Waals surface area contributed by atoms with Crippen molar-refractivity contribution in [2.24, 2.45) is 0 Å². The maximum Gasteiger partial charge on any atom is 0.306 e. The number of carbonyl (C=O) groups is 3. The van der Waals surface area contributed by atoms with E-state index < -0.39 is 6.10 Å². The van der Waals surface area contributed by atoms with E-state index in [4.69, 9.17) is 14.2 Å². The Labute approximate surface area is 363 Å². The van der Waals surface area contributed by atoms with Gasteiger partial charge in [-0.2, -0.15) is 0 Å². The zero-order chi connectivity index (χ0) is 43.0. The van der Waals surface area contributed by atoms with E-state index in [1.54, 1.807) is 0 Å². The topological polar surface area (TPSA) is 78.9 Å². The highest BCUT2D eigenvalue weighted by Crippen LogP contribution is 2.12. The van der Waals surface area contributed by atoms with Crippen molar-refractivity contribution in [2.45, 2.75) is 219 Å². The number of allylic oxidation sites excluding steroid dienone is 14. The predicted molar refractivity (Wildman–Crippen MR) is 251 cm³/mol. The summed E-state index contributed by atoms with van der Waals surface area (Å²) in [5.41, 5.74) is 0. The lowest BCUT2D eigenvalue weighted by Crippen LogP contribution is -2.30. The summed E-state index contributed by atoms with van der Waals surface area (Å²) in [5, 5.41) is 0. The van der Waals surface area contributed by atoms with Crippen molar-refractivity contribution in [1.82, 2.24) is 0 Å². The first-order valence-corrected chi connectivity index (χ1v) is 24.1. The summed E-state index contributed by atoms with van der Waals surface area (Å²) in [4.78, 5) is 37.8. The van der Waals surface area contributed by atoms with Gasteiger partial charge >= 0.3 is 17.9 Å². The van der Waals surface area contributed by atoms with Gasteiger partial charge in [0, 0.05) is 19.3 Å². The van der Waals surface area contributed by atoms with Gasteiger partial charge in [-0.05, 0) is 109 Å². The quantitative estimate of drug-likeness (QED) is 0.0264. The summed E-state index contributed by atoms with van der Waals surface area (Å²) in [5.74, 6) is -0.973. The van der Waals surface area contributed by atoms with Crippen LogP contribution in [0.2, 0.25) is 0 Å². The molecule has 0 N–H and O–H groups in total. The maximum absolute atomic E-state index is 12.7. The zero-order valence-electron chi connectivity index (χ0n) is 38.2. The third kappa shape index (κ3) is 45.5. The van der Waals surface area contributed by atoms with Crippen LogP contribution in [0.5, 0.6) is 0 Å². The van der Waals surface area contributed by atoms with Crippen LogP contribution in [-0.2, 0) is 28.6 Å². The van der Waals surface area contributed by atoms with Crippen molar-refractivity contribution in [3.63, 3.8) is 0 Å². The second kappa shape index (κ2) is 47.3. The number of unbranched alkanes of at least 4 members (excludes halogenated alkanes) is 17. The number of carbonyl (C=O) groups excluding carboxylic acids is 3. The molecule has 0 spiro atoms. The van der Waals surface area contributed by atoms with Gasteiger partial charge in [-0.15, -0.1) is 0 Å².